The number of hydrogen-bond donors (Lipinski definition) is 3. The van der Waals surface area contributed by atoms with Gasteiger partial charge in [-0.2, -0.15) is 4.98 Å². The average molecular weight is 379 g/mol. The molecule has 3 N–H and O–H groups in total. The third-order valence-electron chi connectivity index (χ3n) is 4.37. The predicted octanol–water partition coefficient (Wildman–Crippen LogP) is 3.72. The minimum absolute atomic E-state index is 0.00653. The Labute approximate surface area is 164 Å². The van der Waals surface area contributed by atoms with Gasteiger partial charge in [-0.25, -0.2) is 4.98 Å². The summed E-state index contributed by atoms with van der Waals surface area (Å²) in [6, 6.07) is 13.1. The molecule has 0 aliphatic heterocycles. The maximum Gasteiger partial charge on any atom is 0.225 e. The van der Waals surface area contributed by atoms with Gasteiger partial charge in [-0.1, -0.05) is 26.0 Å². The molecular weight excluding hydrogens is 354 g/mol. The summed E-state index contributed by atoms with van der Waals surface area (Å²) >= 11 is 0. The topological polar surface area (TPSA) is 92.2 Å². The number of nitrogens with zero attached hydrogens (tertiary/aromatic N) is 3. The van der Waals surface area contributed by atoms with E-state index in [1.165, 1.54) is 0 Å². The van der Waals surface area contributed by atoms with Crippen LogP contribution in [0.15, 0.2) is 54.9 Å². The fourth-order valence-corrected chi connectivity index (χ4v) is 2.71. The summed E-state index contributed by atoms with van der Waals surface area (Å²) in [4.78, 5) is 13.4. The van der Waals surface area contributed by atoms with Crippen molar-refractivity contribution in [1.82, 2.24) is 15.0 Å². The summed E-state index contributed by atoms with van der Waals surface area (Å²) in [5, 5.41) is 16.2. The lowest BCUT2D eigenvalue weighted by molar-refractivity contribution is 0.248. The normalized spacial score (nSPS) is 11.9. The molecule has 1 aromatic carbocycles. The van der Waals surface area contributed by atoms with E-state index in [-0.39, 0.29) is 18.6 Å². The first kappa shape index (κ1) is 19.6. The quantitative estimate of drug-likeness (QED) is 0.549. The summed E-state index contributed by atoms with van der Waals surface area (Å²) in [5.74, 6) is 1.99. The summed E-state index contributed by atoms with van der Waals surface area (Å²) < 4.78 is 5.41. The number of benzene rings is 1. The number of hydrogen-bond acceptors (Lipinski definition) is 7. The summed E-state index contributed by atoms with van der Waals surface area (Å²) in [6.45, 7) is 4.06. The number of anilines is 3. The van der Waals surface area contributed by atoms with Gasteiger partial charge in [0.2, 0.25) is 5.95 Å². The average Bonchev–Trinajstić information content (AvgIpc) is 2.72. The molecule has 0 saturated heterocycles. The SMILES string of the molecule is COc1ccccc1Nc1cc(-c2cccnc2)nc(N[C@@H](CO)C(C)C)n1. The number of aromatic nitrogens is 3. The van der Waals surface area contributed by atoms with Gasteiger partial charge in [-0.15, -0.1) is 0 Å². The molecule has 146 valence electrons. The van der Waals surface area contributed by atoms with Crippen LogP contribution in [0.1, 0.15) is 13.8 Å². The number of nitrogens with one attached hydrogen (secondary N) is 2. The van der Waals surface area contributed by atoms with Gasteiger partial charge in [0.25, 0.3) is 0 Å². The van der Waals surface area contributed by atoms with Crippen LogP contribution in [0.2, 0.25) is 0 Å². The van der Waals surface area contributed by atoms with E-state index in [9.17, 15) is 5.11 Å². The highest BCUT2D eigenvalue weighted by atomic mass is 16.5. The van der Waals surface area contributed by atoms with Crippen molar-refractivity contribution in [1.29, 1.82) is 0 Å². The van der Waals surface area contributed by atoms with Gasteiger partial charge >= 0.3 is 0 Å². The lowest BCUT2D eigenvalue weighted by Crippen LogP contribution is -2.30. The third kappa shape index (κ3) is 4.75. The number of ether oxygens (including phenoxy) is 1. The van der Waals surface area contributed by atoms with E-state index >= 15 is 0 Å². The first-order chi connectivity index (χ1) is 13.6. The molecule has 0 fully saturated rings. The number of pyridine rings is 1. The smallest absolute Gasteiger partial charge is 0.225 e. The van der Waals surface area contributed by atoms with Gasteiger partial charge < -0.3 is 20.5 Å². The second kappa shape index (κ2) is 9.14. The molecule has 0 amide bonds. The summed E-state index contributed by atoms with van der Waals surface area (Å²) in [5.41, 5.74) is 2.40. The van der Waals surface area contributed by atoms with Crippen LogP contribution in [0, 0.1) is 5.92 Å². The zero-order chi connectivity index (χ0) is 19.9. The highest BCUT2D eigenvalue weighted by molar-refractivity contribution is 5.69. The van der Waals surface area contributed by atoms with Crippen LogP contribution in [0.3, 0.4) is 0 Å². The van der Waals surface area contributed by atoms with Crippen molar-refractivity contribution in [2.24, 2.45) is 5.92 Å². The lowest BCUT2D eigenvalue weighted by Gasteiger charge is -2.21. The fourth-order valence-electron chi connectivity index (χ4n) is 2.71. The highest BCUT2D eigenvalue weighted by Gasteiger charge is 2.15. The van der Waals surface area contributed by atoms with Crippen LogP contribution in [0.25, 0.3) is 11.3 Å². The van der Waals surface area contributed by atoms with Gasteiger partial charge in [-0.05, 0) is 30.2 Å². The Bertz CT molecular complexity index is 902. The molecule has 2 heterocycles. The molecule has 0 aliphatic carbocycles. The van der Waals surface area contributed by atoms with Crippen molar-refractivity contribution in [3.8, 4) is 17.0 Å². The van der Waals surface area contributed by atoms with Crippen LogP contribution in [0.4, 0.5) is 17.5 Å². The lowest BCUT2D eigenvalue weighted by atomic mass is 10.1. The highest BCUT2D eigenvalue weighted by Crippen LogP contribution is 2.28. The van der Waals surface area contributed by atoms with E-state index < -0.39 is 0 Å². The summed E-state index contributed by atoms with van der Waals surface area (Å²) in [7, 11) is 1.63. The van der Waals surface area contributed by atoms with Crippen molar-refractivity contribution in [3.05, 3.63) is 54.9 Å². The Morgan fingerprint density at radius 3 is 2.61 bits per heavy atom. The van der Waals surface area contributed by atoms with E-state index in [0.29, 0.717) is 17.5 Å². The number of rotatable bonds is 8. The van der Waals surface area contributed by atoms with Crippen LogP contribution < -0.4 is 15.4 Å². The Morgan fingerprint density at radius 1 is 1.11 bits per heavy atom. The number of para-hydroxylation sites is 2. The Balaban J connectivity index is 1.99. The van der Waals surface area contributed by atoms with Crippen molar-refractivity contribution in [3.63, 3.8) is 0 Å². The number of aliphatic hydroxyl groups excluding tert-OH is 1. The van der Waals surface area contributed by atoms with Crippen LogP contribution in [0.5, 0.6) is 5.75 Å². The van der Waals surface area contributed by atoms with E-state index in [1.807, 2.05) is 56.3 Å². The molecule has 0 unspecified atom stereocenters. The van der Waals surface area contributed by atoms with Gasteiger partial charge in [0.05, 0.1) is 31.1 Å². The molecule has 1 atom stereocenters. The van der Waals surface area contributed by atoms with Gasteiger partial charge in [-0.3, -0.25) is 4.98 Å². The standard InChI is InChI=1S/C21H25N5O2/c1-14(2)18(13-27)25-21-24-17(15-7-6-10-22-12-15)11-20(26-21)23-16-8-4-5-9-19(16)28-3/h4-12,14,18,27H,13H2,1-3H3,(H2,23,24,25,26)/t18-/m0/s1. The number of aliphatic hydroxyl groups is 1. The van der Waals surface area contributed by atoms with E-state index in [2.05, 4.69) is 25.6 Å². The first-order valence-corrected chi connectivity index (χ1v) is 9.17. The zero-order valence-corrected chi connectivity index (χ0v) is 16.3. The zero-order valence-electron chi connectivity index (χ0n) is 16.3. The second-order valence-corrected chi connectivity index (χ2v) is 6.71. The molecule has 2 aromatic heterocycles. The molecular formula is C21H25N5O2. The van der Waals surface area contributed by atoms with Gasteiger partial charge in [0.1, 0.15) is 11.6 Å². The second-order valence-electron chi connectivity index (χ2n) is 6.71. The Morgan fingerprint density at radius 2 is 1.93 bits per heavy atom. The van der Waals surface area contributed by atoms with Gasteiger partial charge in [0, 0.05) is 24.0 Å². The molecule has 3 aromatic rings. The van der Waals surface area contributed by atoms with Crippen molar-refractivity contribution in [2.45, 2.75) is 19.9 Å². The largest absolute Gasteiger partial charge is 0.495 e. The molecule has 28 heavy (non-hydrogen) atoms. The van der Waals surface area contributed by atoms with Gasteiger partial charge in [0.15, 0.2) is 0 Å². The first-order valence-electron chi connectivity index (χ1n) is 9.17. The van der Waals surface area contributed by atoms with E-state index in [0.717, 1.165) is 16.9 Å². The van der Waals surface area contributed by atoms with Crippen molar-refractivity contribution in [2.75, 3.05) is 24.4 Å². The van der Waals surface area contributed by atoms with E-state index in [4.69, 9.17) is 4.74 Å². The summed E-state index contributed by atoms with van der Waals surface area (Å²) in [6.07, 6.45) is 3.48. The molecule has 0 radical (unpaired) electrons. The number of methoxy groups -OCH3 is 1. The van der Waals surface area contributed by atoms with Crippen LogP contribution >= 0.6 is 0 Å². The molecule has 0 aliphatic rings. The van der Waals surface area contributed by atoms with Crippen molar-refractivity contribution < 1.29 is 9.84 Å². The van der Waals surface area contributed by atoms with E-state index in [1.54, 1.807) is 19.5 Å². The monoisotopic (exact) mass is 379 g/mol. The minimum atomic E-state index is -0.150. The van der Waals surface area contributed by atoms with Crippen LogP contribution in [-0.2, 0) is 0 Å². The molecule has 3 rings (SSSR count). The molecule has 0 saturated carbocycles. The maximum atomic E-state index is 9.66. The molecule has 0 spiro atoms. The molecule has 7 nitrogen and oxygen atoms in total. The van der Waals surface area contributed by atoms with Crippen LogP contribution in [-0.4, -0.2) is 39.8 Å². The van der Waals surface area contributed by atoms with Crippen molar-refractivity contribution >= 4 is 17.5 Å². The molecule has 0 bridgehead atoms. The predicted molar refractivity (Wildman–Crippen MR) is 111 cm³/mol. The third-order valence-corrected chi connectivity index (χ3v) is 4.37. The Hall–Kier alpha value is -3.19. The Kier molecular flexibility index (Phi) is 6.39. The minimum Gasteiger partial charge on any atom is -0.495 e. The fraction of sp³-hybridized carbons (Fsp3) is 0.286. The maximum absolute atomic E-state index is 9.66. The molecule has 7 heteroatoms.